The van der Waals surface area contributed by atoms with Crippen LogP contribution in [-0.4, -0.2) is 34.9 Å². The molecule has 0 unspecified atom stereocenters. The van der Waals surface area contributed by atoms with Crippen LogP contribution in [0.3, 0.4) is 0 Å². The quantitative estimate of drug-likeness (QED) is 0.920. The molecule has 0 radical (unpaired) electrons. The van der Waals surface area contributed by atoms with E-state index in [-0.39, 0.29) is 17.4 Å². The highest BCUT2D eigenvalue weighted by Gasteiger charge is 2.35. The van der Waals surface area contributed by atoms with E-state index in [0.29, 0.717) is 18.0 Å². The molecule has 1 amide bonds. The van der Waals surface area contributed by atoms with Gasteiger partial charge in [-0.15, -0.1) is 0 Å². The minimum Gasteiger partial charge on any atom is -0.377 e. The molecule has 1 saturated heterocycles. The first kappa shape index (κ1) is 15.0. The average Bonchev–Trinajstić information content (AvgIpc) is 2.82. The highest BCUT2D eigenvalue weighted by atomic mass is 16.5. The number of aromatic nitrogens is 2. The summed E-state index contributed by atoms with van der Waals surface area (Å²) in [7, 11) is 1.81. The van der Waals surface area contributed by atoms with Crippen molar-refractivity contribution in [2.45, 2.75) is 39.7 Å². The van der Waals surface area contributed by atoms with Crippen LogP contribution < -0.4 is 5.32 Å². The second-order valence-corrected chi connectivity index (χ2v) is 6.67. The Morgan fingerprint density at radius 2 is 2.30 bits per heavy atom. The molecule has 0 aliphatic carbocycles. The number of amides is 1. The number of hydrogen-bond acceptors (Lipinski definition) is 3. The van der Waals surface area contributed by atoms with Gasteiger partial charge in [0.15, 0.2) is 0 Å². The van der Waals surface area contributed by atoms with E-state index < -0.39 is 0 Å². The van der Waals surface area contributed by atoms with Gasteiger partial charge in [-0.2, -0.15) is 5.10 Å². The normalized spacial score (nSPS) is 23.6. The first-order chi connectivity index (χ1) is 9.38. The summed E-state index contributed by atoms with van der Waals surface area (Å²) in [4.78, 5) is 12.1. The molecule has 0 bridgehead atoms. The highest BCUT2D eigenvalue weighted by molar-refractivity contribution is 5.93. The van der Waals surface area contributed by atoms with Crippen LogP contribution in [0, 0.1) is 11.3 Å². The topological polar surface area (TPSA) is 56.2 Å². The summed E-state index contributed by atoms with van der Waals surface area (Å²) in [6, 6.07) is 0. The Bertz CT molecular complexity index is 462. The zero-order valence-corrected chi connectivity index (χ0v) is 12.8. The standard InChI is InChI=1S/C15H25N3O2/c1-15(2,3)13-11(6-5-7-20-13)8-16-14(19)12-9-17-18(4)10-12/h9-11,13H,5-8H2,1-4H3,(H,16,19)/t11-,13+/m0/s1. The molecule has 2 atom stereocenters. The van der Waals surface area contributed by atoms with E-state index in [4.69, 9.17) is 4.74 Å². The molecule has 2 heterocycles. The number of carbonyl (C=O) groups is 1. The molecular formula is C15H25N3O2. The van der Waals surface area contributed by atoms with E-state index in [1.807, 2.05) is 0 Å². The minimum atomic E-state index is -0.0590. The number of ether oxygens (including phenoxy) is 1. The van der Waals surface area contributed by atoms with Crippen LogP contribution >= 0.6 is 0 Å². The lowest BCUT2D eigenvalue weighted by Crippen LogP contribution is -2.45. The van der Waals surface area contributed by atoms with Crippen LogP contribution in [0.4, 0.5) is 0 Å². The molecule has 0 spiro atoms. The lowest BCUT2D eigenvalue weighted by Gasteiger charge is -2.40. The van der Waals surface area contributed by atoms with Crippen LogP contribution in [0.2, 0.25) is 0 Å². The van der Waals surface area contributed by atoms with E-state index in [2.05, 4.69) is 31.2 Å². The second kappa shape index (κ2) is 5.95. The largest absolute Gasteiger partial charge is 0.377 e. The molecule has 112 valence electrons. The van der Waals surface area contributed by atoms with Gasteiger partial charge in [0.05, 0.1) is 17.9 Å². The van der Waals surface area contributed by atoms with Gasteiger partial charge >= 0.3 is 0 Å². The fourth-order valence-corrected chi connectivity index (χ4v) is 2.87. The predicted octanol–water partition coefficient (Wildman–Crippen LogP) is 1.99. The Hall–Kier alpha value is -1.36. The van der Waals surface area contributed by atoms with Gasteiger partial charge in [-0.3, -0.25) is 9.48 Å². The van der Waals surface area contributed by atoms with Gasteiger partial charge in [0.2, 0.25) is 0 Å². The van der Waals surface area contributed by atoms with Crippen molar-refractivity contribution in [1.82, 2.24) is 15.1 Å². The Morgan fingerprint density at radius 3 is 2.90 bits per heavy atom. The maximum atomic E-state index is 12.1. The van der Waals surface area contributed by atoms with Crippen molar-refractivity contribution >= 4 is 5.91 Å². The summed E-state index contributed by atoms with van der Waals surface area (Å²) >= 11 is 0. The maximum Gasteiger partial charge on any atom is 0.254 e. The highest BCUT2D eigenvalue weighted by Crippen LogP contribution is 2.33. The summed E-state index contributed by atoms with van der Waals surface area (Å²) in [5.74, 6) is 0.320. The molecule has 5 heteroatoms. The van der Waals surface area contributed by atoms with Gasteiger partial charge in [0, 0.05) is 32.3 Å². The van der Waals surface area contributed by atoms with Crippen molar-refractivity contribution < 1.29 is 9.53 Å². The monoisotopic (exact) mass is 279 g/mol. The summed E-state index contributed by atoms with van der Waals surface area (Å²) in [5, 5.41) is 7.03. The Labute approximate surface area is 120 Å². The van der Waals surface area contributed by atoms with Crippen molar-refractivity contribution in [3.63, 3.8) is 0 Å². The van der Waals surface area contributed by atoms with Gasteiger partial charge in [0.1, 0.15) is 0 Å². The number of carbonyl (C=O) groups excluding carboxylic acids is 1. The Kier molecular flexibility index (Phi) is 4.48. The predicted molar refractivity (Wildman–Crippen MR) is 77.5 cm³/mol. The van der Waals surface area contributed by atoms with E-state index >= 15 is 0 Å². The zero-order chi connectivity index (χ0) is 14.8. The molecule has 1 aliphatic heterocycles. The van der Waals surface area contributed by atoms with Crippen molar-refractivity contribution in [3.8, 4) is 0 Å². The summed E-state index contributed by atoms with van der Waals surface area (Å²) in [6.45, 7) is 8.07. The van der Waals surface area contributed by atoms with Crippen molar-refractivity contribution in [1.29, 1.82) is 0 Å². The third-order valence-corrected chi connectivity index (χ3v) is 3.79. The van der Waals surface area contributed by atoms with Gasteiger partial charge in [-0.05, 0) is 18.3 Å². The lowest BCUT2D eigenvalue weighted by molar-refractivity contribution is -0.0839. The molecule has 1 aromatic rings. The fraction of sp³-hybridized carbons (Fsp3) is 0.733. The lowest BCUT2D eigenvalue weighted by atomic mass is 9.78. The Morgan fingerprint density at radius 1 is 1.55 bits per heavy atom. The van der Waals surface area contributed by atoms with Crippen molar-refractivity contribution in [3.05, 3.63) is 18.0 Å². The molecule has 1 N–H and O–H groups in total. The molecule has 0 aromatic carbocycles. The molecule has 5 nitrogen and oxygen atoms in total. The maximum absolute atomic E-state index is 12.1. The van der Waals surface area contributed by atoms with Crippen LogP contribution in [0.25, 0.3) is 0 Å². The molecular weight excluding hydrogens is 254 g/mol. The van der Waals surface area contributed by atoms with E-state index in [0.717, 1.165) is 19.4 Å². The third kappa shape index (κ3) is 3.60. The first-order valence-electron chi connectivity index (χ1n) is 7.26. The van der Waals surface area contributed by atoms with Gasteiger partial charge in [-0.25, -0.2) is 0 Å². The summed E-state index contributed by atoms with van der Waals surface area (Å²) in [6.07, 6.45) is 5.70. The van der Waals surface area contributed by atoms with Crippen LogP contribution in [-0.2, 0) is 11.8 Å². The molecule has 2 rings (SSSR count). The molecule has 1 aromatic heterocycles. The molecule has 20 heavy (non-hydrogen) atoms. The number of hydrogen-bond donors (Lipinski definition) is 1. The minimum absolute atomic E-state index is 0.0590. The number of rotatable bonds is 3. The van der Waals surface area contributed by atoms with E-state index in [1.165, 1.54) is 0 Å². The summed E-state index contributed by atoms with van der Waals surface area (Å²) in [5.41, 5.74) is 0.709. The van der Waals surface area contributed by atoms with E-state index in [1.54, 1.807) is 24.1 Å². The summed E-state index contributed by atoms with van der Waals surface area (Å²) < 4.78 is 7.56. The van der Waals surface area contributed by atoms with Gasteiger partial charge in [-0.1, -0.05) is 20.8 Å². The second-order valence-electron chi connectivity index (χ2n) is 6.67. The molecule has 0 saturated carbocycles. The molecule has 1 fully saturated rings. The van der Waals surface area contributed by atoms with Gasteiger partial charge in [0.25, 0.3) is 5.91 Å². The number of nitrogens with one attached hydrogen (secondary N) is 1. The van der Waals surface area contributed by atoms with Crippen molar-refractivity contribution in [2.75, 3.05) is 13.2 Å². The fourth-order valence-electron chi connectivity index (χ4n) is 2.87. The average molecular weight is 279 g/mol. The van der Waals surface area contributed by atoms with Crippen LogP contribution in [0.5, 0.6) is 0 Å². The zero-order valence-electron chi connectivity index (χ0n) is 12.8. The Balaban J connectivity index is 1.93. The number of aryl methyl sites for hydroxylation is 1. The number of nitrogens with zero attached hydrogens (tertiary/aromatic N) is 2. The third-order valence-electron chi connectivity index (χ3n) is 3.79. The van der Waals surface area contributed by atoms with Gasteiger partial charge < -0.3 is 10.1 Å². The first-order valence-corrected chi connectivity index (χ1v) is 7.26. The van der Waals surface area contributed by atoms with Crippen LogP contribution in [0.15, 0.2) is 12.4 Å². The molecule has 1 aliphatic rings. The van der Waals surface area contributed by atoms with Crippen LogP contribution in [0.1, 0.15) is 44.0 Å². The van der Waals surface area contributed by atoms with Crippen molar-refractivity contribution in [2.24, 2.45) is 18.4 Å². The van der Waals surface area contributed by atoms with E-state index in [9.17, 15) is 4.79 Å². The smallest absolute Gasteiger partial charge is 0.254 e. The SMILES string of the molecule is Cn1cc(C(=O)NC[C@@H]2CCCO[C@H]2C(C)(C)C)cn1.